The smallest absolute Gasteiger partial charge is 0.338 e. The highest BCUT2D eigenvalue weighted by molar-refractivity contribution is 6.13. The maximum Gasteiger partial charge on any atom is 0.338 e. The lowest BCUT2D eigenvalue weighted by Gasteiger charge is -2.15. The largest absolute Gasteiger partial charge is 0.465 e. The van der Waals surface area contributed by atoms with Gasteiger partial charge in [0, 0.05) is 17.5 Å². The summed E-state index contributed by atoms with van der Waals surface area (Å²) in [5.41, 5.74) is 4.35. The Morgan fingerprint density at radius 3 is 2.34 bits per heavy atom. The number of rotatable bonds is 4. The molecule has 5 nitrogen and oxygen atoms in total. The summed E-state index contributed by atoms with van der Waals surface area (Å²) < 4.78 is 4.90. The summed E-state index contributed by atoms with van der Waals surface area (Å²) in [5, 5.41) is 2.86. The van der Waals surface area contributed by atoms with Crippen molar-refractivity contribution in [3.63, 3.8) is 0 Å². The van der Waals surface area contributed by atoms with Gasteiger partial charge in [0.25, 0.3) is 5.91 Å². The van der Waals surface area contributed by atoms with Gasteiger partial charge in [-0.1, -0.05) is 42.5 Å². The summed E-state index contributed by atoms with van der Waals surface area (Å²) in [6, 6.07) is 19.6. The fourth-order valence-corrected chi connectivity index (χ4v) is 3.74. The van der Waals surface area contributed by atoms with Crippen LogP contribution in [0.5, 0.6) is 0 Å². The third-order valence-corrected chi connectivity index (χ3v) is 5.10. The number of hydrogen-bond donors (Lipinski definition) is 1. The van der Waals surface area contributed by atoms with Gasteiger partial charge in [0.05, 0.1) is 18.4 Å². The van der Waals surface area contributed by atoms with Crippen LogP contribution < -0.4 is 5.32 Å². The lowest BCUT2D eigenvalue weighted by molar-refractivity contribution is 0.0601. The topological polar surface area (TPSA) is 72.5 Å². The van der Waals surface area contributed by atoms with Gasteiger partial charge in [-0.3, -0.25) is 9.59 Å². The van der Waals surface area contributed by atoms with Crippen LogP contribution in [0.2, 0.25) is 0 Å². The van der Waals surface area contributed by atoms with E-state index in [1.165, 1.54) is 7.11 Å². The van der Waals surface area contributed by atoms with Crippen LogP contribution in [0.15, 0.2) is 66.7 Å². The maximum absolute atomic E-state index is 12.6. The fourth-order valence-electron chi connectivity index (χ4n) is 3.74. The predicted molar refractivity (Wildman–Crippen MR) is 110 cm³/mol. The number of carbonyl (C=O) groups excluding carboxylic acids is 3. The lowest BCUT2D eigenvalue weighted by atomic mass is 9.92. The second-order valence-corrected chi connectivity index (χ2v) is 6.79. The van der Waals surface area contributed by atoms with Crippen LogP contribution in [0, 0.1) is 0 Å². The van der Waals surface area contributed by atoms with Crippen molar-refractivity contribution in [3.05, 3.63) is 89.0 Å². The van der Waals surface area contributed by atoms with E-state index < -0.39 is 5.97 Å². The standard InChI is InChI=1S/C24H19NO4/c1-29-24(28)19-10-6-5-9-16(19)17-11-13-20(22-18(17)12-14-21(22)26)25-23(27)15-7-3-2-4-8-15/h2-11,13H,12,14H2,1H3,(H,25,27). The van der Waals surface area contributed by atoms with E-state index in [-0.39, 0.29) is 11.7 Å². The molecule has 0 aliphatic heterocycles. The van der Waals surface area contributed by atoms with Gasteiger partial charge in [-0.05, 0) is 47.4 Å². The van der Waals surface area contributed by atoms with Gasteiger partial charge in [0.2, 0.25) is 0 Å². The summed E-state index contributed by atoms with van der Waals surface area (Å²) in [4.78, 5) is 37.4. The van der Waals surface area contributed by atoms with E-state index in [1.54, 1.807) is 42.5 Å². The maximum atomic E-state index is 12.6. The molecule has 5 heteroatoms. The number of ether oxygens (including phenoxy) is 1. The van der Waals surface area contributed by atoms with Crippen molar-refractivity contribution in [1.82, 2.24) is 0 Å². The Bertz CT molecular complexity index is 1120. The molecule has 0 saturated heterocycles. The second-order valence-electron chi connectivity index (χ2n) is 6.79. The monoisotopic (exact) mass is 385 g/mol. The van der Waals surface area contributed by atoms with Crippen LogP contribution in [0.1, 0.15) is 43.1 Å². The Morgan fingerprint density at radius 1 is 0.862 bits per heavy atom. The molecule has 1 amide bonds. The van der Waals surface area contributed by atoms with Crippen molar-refractivity contribution in [2.75, 3.05) is 12.4 Å². The van der Waals surface area contributed by atoms with Crippen molar-refractivity contribution in [1.29, 1.82) is 0 Å². The van der Waals surface area contributed by atoms with Crippen LogP contribution in [-0.4, -0.2) is 24.8 Å². The van der Waals surface area contributed by atoms with Gasteiger partial charge >= 0.3 is 5.97 Å². The van der Waals surface area contributed by atoms with E-state index >= 15 is 0 Å². The Labute approximate surface area is 168 Å². The molecule has 29 heavy (non-hydrogen) atoms. The minimum atomic E-state index is -0.430. The van der Waals surface area contributed by atoms with E-state index in [9.17, 15) is 14.4 Å². The molecule has 0 saturated carbocycles. The first-order valence-electron chi connectivity index (χ1n) is 9.33. The third-order valence-electron chi connectivity index (χ3n) is 5.10. The van der Waals surface area contributed by atoms with E-state index in [1.807, 2.05) is 24.3 Å². The van der Waals surface area contributed by atoms with Crippen LogP contribution in [0.25, 0.3) is 11.1 Å². The molecule has 0 radical (unpaired) electrons. The van der Waals surface area contributed by atoms with Gasteiger partial charge in [0.1, 0.15) is 0 Å². The number of fused-ring (bicyclic) bond motifs is 1. The average molecular weight is 385 g/mol. The summed E-state index contributed by atoms with van der Waals surface area (Å²) in [7, 11) is 1.34. The Morgan fingerprint density at radius 2 is 1.59 bits per heavy atom. The first kappa shape index (κ1) is 18.6. The van der Waals surface area contributed by atoms with Crippen molar-refractivity contribution < 1.29 is 19.1 Å². The molecular weight excluding hydrogens is 366 g/mol. The summed E-state index contributed by atoms with van der Waals surface area (Å²) >= 11 is 0. The fraction of sp³-hybridized carbons (Fsp3) is 0.125. The number of benzene rings is 3. The van der Waals surface area contributed by atoms with Crippen LogP contribution in [0.3, 0.4) is 0 Å². The predicted octanol–water partition coefficient (Wildman–Crippen LogP) is 4.52. The zero-order valence-corrected chi connectivity index (χ0v) is 15.9. The first-order chi connectivity index (χ1) is 14.1. The molecule has 0 fully saturated rings. The first-order valence-corrected chi connectivity index (χ1v) is 9.33. The molecule has 0 unspecified atom stereocenters. The van der Waals surface area contributed by atoms with Crippen molar-refractivity contribution >= 4 is 23.3 Å². The molecule has 144 valence electrons. The lowest BCUT2D eigenvalue weighted by Crippen LogP contribution is -2.14. The quantitative estimate of drug-likeness (QED) is 0.670. The summed E-state index contributed by atoms with van der Waals surface area (Å²) in [5.74, 6) is -0.712. The van der Waals surface area contributed by atoms with E-state index in [2.05, 4.69) is 5.32 Å². The normalized spacial score (nSPS) is 12.4. The number of amides is 1. The molecule has 4 rings (SSSR count). The number of Topliss-reactive ketones (excluding diaryl/α,β-unsaturated/α-hetero) is 1. The number of esters is 1. The molecule has 3 aromatic carbocycles. The zero-order chi connectivity index (χ0) is 20.4. The Hall–Kier alpha value is -3.73. The molecule has 0 spiro atoms. The SMILES string of the molecule is COC(=O)c1ccccc1-c1ccc(NC(=O)c2ccccc2)c2c1CCC2=O. The highest BCUT2D eigenvalue weighted by Crippen LogP contribution is 2.38. The molecular formula is C24H19NO4. The van der Waals surface area contributed by atoms with Gasteiger partial charge in [0.15, 0.2) is 5.78 Å². The highest BCUT2D eigenvalue weighted by atomic mass is 16.5. The minimum Gasteiger partial charge on any atom is -0.465 e. The van der Waals surface area contributed by atoms with Gasteiger partial charge < -0.3 is 10.1 Å². The second kappa shape index (κ2) is 7.72. The average Bonchev–Trinajstić information content (AvgIpc) is 3.16. The van der Waals surface area contributed by atoms with Crippen molar-refractivity contribution in [2.24, 2.45) is 0 Å². The molecule has 0 atom stereocenters. The molecule has 0 aromatic heterocycles. The van der Waals surface area contributed by atoms with E-state index in [4.69, 9.17) is 4.74 Å². The molecule has 0 heterocycles. The summed E-state index contributed by atoms with van der Waals surface area (Å²) in [6.45, 7) is 0. The van der Waals surface area contributed by atoms with E-state index in [0.717, 1.165) is 11.1 Å². The molecule has 1 N–H and O–H groups in total. The van der Waals surface area contributed by atoms with E-state index in [0.29, 0.717) is 40.8 Å². The molecule has 1 aliphatic carbocycles. The highest BCUT2D eigenvalue weighted by Gasteiger charge is 2.28. The minimum absolute atomic E-state index is 0.0132. The summed E-state index contributed by atoms with van der Waals surface area (Å²) in [6.07, 6.45) is 0.939. The zero-order valence-electron chi connectivity index (χ0n) is 15.9. The van der Waals surface area contributed by atoms with Crippen molar-refractivity contribution in [3.8, 4) is 11.1 Å². The Kier molecular flexibility index (Phi) is 4.96. The number of anilines is 1. The van der Waals surface area contributed by atoms with Gasteiger partial charge in [-0.25, -0.2) is 4.79 Å². The number of nitrogens with one attached hydrogen (secondary N) is 1. The number of ketones is 1. The molecule has 1 aliphatic rings. The van der Waals surface area contributed by atoms with Crippen LogP contribution in [0.4, 0.5) is 5.69 Å². The van der Waals surface area contributed by atoms with Crippen LogP contribution in [-0.2, 0) is 11.2 Å². The molecule has 3 aromatic rings. The number of hydrogen-bond acceptors (Lipinski definition) is 4. The van der Waals surface area contributed by atoms with Crippen molar-refractivity contribution in [2.45, 2.75) is 12.8 Å². The van der Waals surface area contributed by atoms with Gasteiger partial charge in [-0.2, -0.15) is 0 Å². The number of carbonyl (C=O) groups is 3. The van der Waals surface area contributed by atoms with Gasteiger partial charge in [-0.15, -0.1) is 0 Å². The Balaban J connectivity index is 1.78. The third kappa shape index (κ3) is 3.43. The molecule has 0 bridgehead atoms. The number of methoxy groups -OCH3 is 1. The van der Waals surface area contributed by atoms with Crippen LogP contribution >= 0.6 is 0 Å².